The van der Waals surface area contributed by atoms with E-state index in [1.807, 2.05) is 17.0 Å². The number of ether oxygens (including phenoxy) is 1. The van der Waals surface area contributed by atoms with Crippen LogP contribution in [0.25, 0.3) is 11.4 Å². The molecule has 4 rings (SSSR count). The number of piperidine rings is 1. The summed E-state index contributed by atoms with van der Waals surface area (Å²) in [5.74, 6) is 3.36. The first-order valence-corrected chi connectivity index (χ1v) is 15.1. The molecular weight excluding hydrogens is 506 g/mol. The predicted molar refractivity (Wildman–Crippen MR) is 161 cm³/mol. The lowest BCUT2D eigenvalue weighted by atomic mass is 9.97. The van der Waals surface area contributed by atoms with Crippen LogP contribution in [0.3, 0.4) is 0 Å². The van der Waals surface area contributed by atoms with Gasteiger partial charge in [-0.1, -0.05) is 26.7 Å². The van der Waals surface area contributed by atoms with E-state index in [9.17, 15) is 4.79 Å². The third kappa shape index (κ3) is 9.18. The number of hydrogen-bond donors (Lipinski definition) is 4. The number of rotatable bonds is 15. The Bertz CT molecular complexity index is 1070. The van der Waals surface area contributed by atoms with Gasteiger partial charge in [-0.05, 0) is 44.4 Å². The van der Waals surface area contributed by atoms with E-state index in [1.54, 1.807) is 6.92 Å². The zero-order valence-corrected chi connectivity index (χ0v) is 24.5. The minimum absolute atomic E-state index is 0.160. The van der Waals surface area contributed by atoms with Crippen molar-refractivity contribution in [3.8, 4) is 11.4 Å². The van der Waals surface area contributed by atoms with Crippen LogP contribution < -0.4 is 21.3 Å². The van der Waals surface area contributed by atoms with Crippen LogP contribution in [0.15, 0.2) is 12.1 Å². The van der Waals surface area contributed by atoms with E-state index in [1.165, 1.54) is 0 Å². The highest BCUT2D eigenvalue weighted by Crippen LogP contribution is 2.25. The molecule has 1 amide bonds. The van der Waals surface area contributed by atoms with E-state index in [0.717, 1.165) is 114 Å². The summed E-state index contributed by atoms with van der Waals surface area (Å²) >= 11 is 0. The number of anilines is 4. The lowest BCUT2D eigenvalue weighted by molar-refractivity contribution is -0.130. The van der Waals surface area contributed by atoms with Crippen molar-refractivity contribution in [3.63, 3.8) is 0 Å². The SMILES string of the molecule is CCCCNc1nc(NCC2CCN(C(C)=O)CC2)cc(-c2cc(NCC3CCCO3)nc(NCCCC)n2)n1. The number of nitrogens with zero attached hydrogens (tertiary/aromatic N) is 5. The quantitative estimate of drug-likeness (QED) is 0.232. The molecule has 2 aromatic heterocycles. The molecule has 0 aliphatic carbocycles. The van der Waals surface area contributed by atoms with Crippen LogP contribution in [0.4, 0.5) is 23.5 Å². The summed E-state index contributed by atoms with van der Waals surface area (Å²) < 4.78 is 5.79. The Morgan fingerprint density at radius 1 is 0.850 bits per heavy atom. The van der Waals surface area contributed by atoms with E-state index in [4.69, 9.17) is 24.7 Å². The van der Waals surface area contributed by atoms with Crippen LogP contribution >= 0.6 is 0 Å². The Morgan fingerprint density at radius 3 is 1.93 bits per heavy atom. The van der Waals surface area contributed by atoms with Gasteiger partial charge in [0.1, 0.15) is 11.6 Å². The van der Waals surface area contributed by atoms with Gasteiger partial charge in [0.05, 0.1) is 17.5 Å². The van der Waals surface area contributed by atoms with Crippen LogP contribution in [0.2, 0.25) is 0 Å². The molecule has 11 heteroatoms. The van der Waals surface area contributed by atoms with Crippen molar-refractivity contribution in [3.05, 3.63) is 12.1 Å². The number of nitrogens with one attached hydrogen (secondary N) is 4. The molecule has 2 aliphatic heterocycles. The predicted octanol–water partition coefficient (Wildman–Crippen LogP) is 4.62. The van der Waals surface area contributed by atoms with Gasteiger partial charge in [-0.3, -0.25) is 4.79 Å². The average molecular weight is 554 g/mol. The molecule has 2 aromatic rings. The fourth-order valence-corrected chi connectivity index (χ4v) is 4.97. The van der Waals surface area contributed by atoms with Gasteiger partial charge in [-0.25, -0.2) is 9.97 Å². The van der Waals surface area contributed by atoms with Gasteiger partial charge < -0.3 is 30.9 Å². The van der Waals surface area contributed by atoms with Crippen molar-refractivity contribution in [2.75, 3.05) is 67.1 Å². The molecule has 220 valence electrons. The third-order valence-corrected chi connectivity index (χ3v) is 7.51. The molecule has 0 spiro atoms. The highest BCUT2D eigenvalue weighted by atomic mass is 16.5. The second kappa shape index (κ2) is 15.5. The Labute approximate surface area is 238 Å². The standard InChI is InChI=1S/C29H47N9O2/c1-4-6-12-30-28-34-24(17-26(36-28)32-19-22-10-14-38(15-11-22)21(3)39)25-18-27(33-20-23-9-8-16-40-23)37-29(35-25)31-13-7-5-2/h17-18,22-23H,4-16,19-20H2,1-3H3,(H2,30,32,34,36)(H2,31,33,35,37). The maximum Gasteiger partial charge on any atom is 0.225 e. The van der Waals surface area contributed by atoms with Crippen molar-refractivity contribution < 1.29 is 9.53 Å². The topological polar surface area (TPSA) is 129 Å². The molecule has 40 heavy (non-hydrogen) atoms. The van der Waals surface area contributed by atoms with Gasteiger partial charge in [0.25, 0.3) is 0 Å². The molecule has 2 aliphatic rings. The molecule has 1 atom stereocenters. The Kier molecular flexibility index (Phi) is 11.6. The molecule has 4 heterocycles. The fraction of sp³-hybridized carbons (Fsp3) is 0.690. The van der Waals surface area contributed by atoms with E-state index in [2.05, 4.69) is 35.1 Å². The molecule has 11 nitrogen and oxygen atoms in total. The average Bonchev–Trinajstić information content (AvgIpc) is 3.49. The monoisotopic (exact) mass is 553 g/mol. The summed E-state index contributed by atoms with van der Waals surface area (Å²) in [6, 6.07) is 3.93. The van der Waals surface area contributed by atoms with Gasteiger partial charge in [-0.2, -0.15) is 9.97 Å². The van der Waals surface area contributed by atoms with Crippen molar-refractivity contribution in [1.82, 2.24) is 24.8 Å². The lowest BCUT2D eigenvalue weighted by Crippen LogP contribution is -2.38. The summed E-state index contributed by atoms with van der Waals surface area (Å²) in [4.78, 5) is 32.8. The van der Waals surface area contributed by atoms with Gasteiger partial charge in [-0.15, -0.1) is 0 Å². The zero-order chi connectivity index (χ0) is 28.2. The summed E-state index contributed by atoms with van der Waals surface area (Å²) in [5, 5.41) is 13.8. The van der Waals surface area contributed by atoms with Crippen molar-refractivity contribution in [2.24, 2.45) is 5.92 Å². The van der Waals surface area contributed by atoms with Crippen LogP contribution in [0.5, 0.6) is 0 Å². The molecule has 4 N–H and O–H groups in total. The Hall–Kier alpha value is -3.21. The first-order chi connectivity index (χ1) is 19.5. The zero-order valence-electron chi connectivity index (χ0n) is 24.5. The largest absolute Gasteiger partial charge is 0.376 e. The second-order valence-corrected chi connectivity index (χ2v) is 10.8. The highest BCUT2D eigenvalue weighted by Gasteiger charge is 2.21. The summed E-state index contributed by atoms with van der Waals surface area (Å²) in [7, 11) is 0. The number of amides is 1. The van der Waals surface area contributed by atoms with Gasteiger partial charge in [0.15, 0.2) is 0 Å². The van der Waals surface area contributed by atoms with Crippen LogP contribution in [0, 0.1) is 5.92 Å². The molecule has 2 fully saturated rings. The minimum atomic E-state index is 0.160. The van der Waals surface area contributed by atoms with Gasteiger partial charge in [0, 0.05) is 64.9 Å². The normalized spacial score (nSPS) is 17.6. The molecule has 0 aromatic carbocycles. The van der Waals surface area contributed by atoms with E-state index < -0.39 is 0 Å². The Balaban J connectivity index is 1.53. The molecule has 0 saturated carbocycles. The molecule has 1 unspecified atom stereocenters. The molecule has 2 saturated heterocycles. The van der Waals surface area contributed by atoms with Crippen molar-refractivity contribution >= 4 is 29.4 Å². The third-order valence-electron chi connectivity index (χ3n) is 7.51. The van der Waals surface area contributed by atoms with Crippen LogP contribution in [-0.4, -0.2) is 82.7 Å². The van der Waals surface area contributed by atoms with E-state index >= 15 is 0 Å². The van der Waals surface area contributed by atoms with Crippen LogP contribution in [0.1, 0.15) is 72.1 Å². The van der Waals surface area contributed by atoms with Gasteiger partial charge >= 0.3 is 0 Å². The van der Waals surface area contributed by atoms with Crippen LogP contribution in [-0.2, 0) is 9.53 Å². The number of carbonyl (C=O) groups excluding carboxylic acids is 1. The summed E-state index contributed by atoms with van der Waals surface area (Å²) in [6.07, 6.45) is 8.63. The maximum absolute atomic E-state index is 11.7. The van der Waals surface area contributed by atoms with E-state index in [0.29, 0.717) is 24.4 Å². The Morgan fingerprint density at radius 2 is 1.43 bits per heavy atom. The lowest BCUT2D eigenvalue weighted by Gasteiger charge is -2.31. The summed E-state index contributed by atoms with van der Waals surface area (Å²) in [6.45, 7) is 11.6. The minimum Gasteiger partial charge on any atom is -0.376 e. The maximum atomic E-state index is 11.7. The van der Waals surface area contributed by atoms with Crippen molar-refractivity contribution in [1.29, 1.82) is 0 Å². The first kappa shape index (κ1) is 29.8. The number of aromatic nitrogens is 4. The first-order valence-electron chi connectivity index (χ1n) is 15.1. The number of likely N-dealkylation sites (tertiary alicyclic amines) is 1. The number of hydrogen-bond acceptors (Lipinski definition) is 10. The van der Waals surface area contributed by atoms with E-state index in [-0.39, 0.29) is 12.0 Å². The second-order valence-electron chi connectivity index (χ2n) is 10.8. The molecular formula is C29H47N9O2. The van der Waals surface area contributed by atoms with Crippen molar-refractivity contribution in [2.45, 2.75) is 78.2 Å². The fourth-order valence-electron chi connectivity index (χ4n) is 4.97. The number of carbonyl (C=O) groups is 1. The summed E-state index contributed by atoms with van der Waals surface area (Å²) in [5.41, 5.74) is 1.48. The number of unbranched alkanes of at least 4 members (excludes halogenated alkanes) is 2. The highest BCUT2D eigenvalue weighted by molar-refractivity contribution is 5.73. The smallest absolute Gasteiger partial charge is 0.225 e. The molecule has 0 radical (unpaired) electrons. The van der Waals surface area contributed by atoms with Gasteiger partial charge in [0.2, 0.25) is 17.8 Å². The molecule has 0 bridgehead atoms.